The Hall–Kier alpha value is -0.570. The molecule has 0 spiro atoms. The van der Waals surface area contributed by atoms with Crippen molar-refractivity contribution in [3.05, 3.63) is 0 Å². The maximum absolute atomic E-state index is 12.2. The van der Waals surface area contributed by atoms with Crippen molar-refractivity contribution in [3.8, 4) is 0 Å². The van der Waals surface area contributed by atoms with Crippen LogP contribution in [0, 0.1) is 23.2 Å². The van der Waals surface area contributed by atoms with Gasteiger partial charge in [0.2, 0.25) is 5.91 Å². The minimum absolute atomic E-state index is 0.272. The van der Waals surface area contributed by atoms with E-state index in [1.807, 2.05) is 0 Å². The van der Waals surface area contributed by atoms with E-state index in [0.717, 1.165) is 31.5 Å². The zero-order chi connectivity index (χ0) is 12.6. The summed E-state index contributed by atoms with van der Waals surface area (Å²) in [6.07, 6.45) is 7.74. The molecule has 1 aliphatic heterocycles. The quantitative estimate of drug-likeness (QED) is 0.803. The SMILES string of the molecule is CC1(CNC(=O)C2C3CCCCC32)CCCNC1. The van der Waals surface area contributed by atoms with Crippen LogP contribution >= 0.6 is 0 Å². The lowest BCUT2D eigenvalue weighted by Gasteiger charge is -2.34. The molecule has 3 rings (SSSR count). The highest BCUT2D eigenvalue weighted by atomic mass is 16.2. The van der Waals surface area contributed by atoms with Crippen LogP contribution < -0.4 is 10.6 Å². The average molecular weight is 250 g/mol. The second-order valence-corrected chi connectivity index (χ2v) is 6.95. The molecule has 18 heavy (non-hydrogen) atoms. The number of hydrogen-bond donors (Lipinski definition) is 2. The fraction of sp³-hybridized carbons (Fsp3) is 0.933. The van der Waals surface area contributed by atoms with Gasteiger partial charge in [-0.3, -0.25) is 4.79 Å². The van der Waals surface area contributed by atoms with Gasteiger partial charge in [0.15, 0.2) is 0 Å². The third kappa shape index (κ3) is 2.42. The summed E-state index contributed by atoms with van der Waals surface area (Å²) in [6, 6.07) is 0. The molecule has 3 unspecified atom stereocenters. The number of fused-ring (bicyclic) bond motifs is 1. The van der Waals surface area contributed by atoms with E-state index in [0.29, 0.717) is 11.8 Å². The summed E-state index contributed by atoms with van der Waals surface area (Å²) in [5.41, 5.74) is 0.272. The molecular weight excluding hydrogens is 224 g/mol. The van der Waals surface area contributed by atoms with Crippen LogP contribution in [0.15, 0.2) is 0 Å². The van der Waals surface area contributed by atoms with Crippen molar-refractivity contribution in [2.45, 2.75) is 45.4 Å². The minimum atomic E-state index is 0.272. The molecule has 3 fully saturated rings. The second kappa shape index (κ2) is 4.84. The Labute approximate surface area is 110 Å². The lowest BCUT2D eigenvalue weighted by atomic mass is 9.83. The molecule has 1 heterocycles. The number of hydrogen-bond acceptors (Lipinski definition) is 2. The molecule has 3 atom stereocenters. The number of carbonyl (C=O) groups excluding carboxylic acids is 1. The van der Waals surface area contributed by atoms with E-state index in [4.69, 9.17) is 0 Å². The second-order valence-electron chi connectivity index (χ2n) is 6.95. The van der Waals surface area contributed by atoms with Crippen molar-refractivity contribution in [2.75, 3.05) is 19.6 Å². The average Bonchev–Trinajstić information content (AvgIpc) is 3.11. The summed E-state index contributed by atoms with van der Waals surface area (Å²) in [5.74, 6) is 2.18. The molecule has 2 N–H and O–H groups in total. The van der Waals surface area contributed by atoms with Crippen molar-refractivity contribution in [1.82, 2.24) is 10.6 Å². The first-order valence-corrected chi connectivity index (χ1v) is 7.68. The molecule has 1 amide bonds. The van der Waals surface area contributed by atoms with Crippen LogP contribution in [0.1, 0.15) is 45.4 Å². The van der Waals surface area contributed by atoms with Gasteiger partial charge >= 0.3 is 0 Å². The van der Waals surface area contributed by atoms with Crippen LogP contribution in [0.3, 0.4) is 0 Å². The number of piperidine rings is 1. The van der Waals surface area contributed by atoms with Gasteiger partial charge in [0, 0.05) is 19.0 Å². The van der Waals surface area contributed by atoms with Gasteiger partial charge in [-0.05, 0) is 49.5 Å². The molecule has 1 saturated heterocycles. The van der Waals surface area contributed by atoms with Crippen molar-refractivity contribution < 1.29 is 4.79 Å². The Morgan fingerprint density at radius 1 is 1.28 bits per heavy atom. The molecule has 2 aliphatic carbocycles. The van der Waals surface area contributed by atoms with Gasteiger partial charge in [-0.2, -0.15) is 0 Å². The van der Waals surface area contributed by atoms with Crippen LogP contribution in [0.2, 0.25) is 0 Å². The zero-order valence-corrected chi connectivity index (χ0v) is 11.5. The Morgan fingerprint density at radius 2 is 2.00 bits per heavy atom. The fourth-order valence-electron chi connectivity index (χ4n) is 4.07. The van der Waals surface area contributed by atoms with E-state index >= 15 is 0 Å². The summed E-state index contributed by atoms with van der Waals surface area (Å²) in [7, 11) is 0. The predicted molar refractivity (Wildman–Crippen MR) is 72.2 cm³/mol. The molecule has 3 nitrogen and oxygen atoms in total. The molecule has 0 aromatic heterocycles. The van der Waals surface area contributed by atoms with E-state index in [9.17, 15) is 4.79 Å². The van der Waals surface area contributed by atoms with Crippen LogP contribution in [-0.2, 0) is 4.79 Å². The van der Waals surface area contributed by atoms with E-state index in [2.05, 4.69) is 17.6 Å². The van der Waals surface area contributed by atoms with Gasteiger partial charge in [0.25, 0.3) is 0 Å². The van der Waals surface area contributed by atoms with Crippen LogP contribution in [-0.4, -0.2) is 25.5 Å². The number of carbonyl (C=O) groups is 1. The lowest BCUT2D eigenvalue weighted by Crippen LogP contribution is -2.46. The molecule has 0 radical (unpaired) electrons. The molecule has 2 saturated carbocycles. The van der Waals surface area contributed by atoms with Gasteiger partial charge in [0.1, 0.15) is 0 Å². The summed E-state index contributed by atoms with van der Waals surface area (Å²) in [5, 5.41) is 6.67. The Balaban J connectivity index is 1.47. The first kappa shape index (κ1) is 12.5. The van der Waals surface area contributed by atoms with Crippen molar-refractivity contribution >= 4 is 5.91 Å². The summed E-state index contributed by atoms with van der Waals surface area (Å²) >= 11 is 0. The first-order valence-electron chi connectivity index (χ1n) is 7.68. The highest BCUT2D eigenvalue weighted by Gasteiger charge is 2.54. The topological polar surface area (TPSA) is 41.1 Å². The third-order valence-electron chi connectivity index (χ3n) is 5.33. The lowest BCUT2D eigenvalue weighted by molar-refractivity contribution is -0.123. The smallest absolute Gasteiger partial charge is 0.223 e. The fourth-order valence-corrected chi connectivity index (χ4v) is 4.07. The van der Waals surface area contributed by atoms with Gasteiger partial charge in [-0.15, -0.1) is 0 Å². The van der Waals surface area contributed by atoms with Gasteiger partial charge in [0.05, 0.1) is 0 Å². The highest BCUT2D eigenvalue weighted by molar-refractivity contribution is 5.82. The Kier molecular flexibility index (Phi) is 3.35. The molecule has 3 heteroatoms. The van der Waals surface area contributed by atoms with Crippen LogP contribution in [0.4, 0.5) is 0 Å². The molecule has 0 bridgehead atoms. The summed E-state index contributed by atoms with van der Waals surface area (Å²) < 4.78 is 0. The van der Waals surface area contributed by atoms with Crippen LogP contribution in [0.25, 0.3) is 0 Å². The molecule has 0 aromatic carbocycles. The number of nitrogens with one attached hydrogen (secondary N) is 2. The highest BCUT2D eigenvalue weighted by Crippen LogP contribution is 2.55. The molecule has 0 aromatic rings. The first-order chi connectivity index (χ1) is 8.70. The number of amides is 1. The molecular formula is C15H26N2O. The normalized spacial score (nSPS) is 43.1. The summed E-state index contributed by atoms with van der Waals surface area (Å²) in [6.45, 7) is 5.33. The van der Waals surface area contributed by atoms with Crippen molar-refractivity contribution in [1.29, 1.82) is 0 Å². The maximum atomic E-state index is 12.2. The minimum Gasteiger partial charge on any atom is -0.355 e. The van der Waals surface area contributed by atoms with Gasteiger partial charge < -0.3 is 10.6 Å². The number of rotatable bonds is 3. The Bertz CT molecular complexity index is 310. The van der Waals surface area contributed by atoms with E-state index in [1.165, 1.54) is 38.5 Å². The standard InChI is InChI=1S/C15H26N2O/c1-15(7-4-8-16-9-15)10-17-14(18)13-11-5-2-3-6-12(11)13/h11-13,16H,2-10H2,1H3,(H,17,18). The van der Waals surface area contributed by atoms with E-state index < -0.39 is 0 Å². The van der Waals surface area contributed by atoms with Gasteiger partial charge in [-0.25, -0.2) is 0 Å². The Morgan fingerprint density at radius 3 is 2.61 bits per heavy atom. The zero-order valence-electron chi connectivity index (χ0n) is 11.5. The van der Waals surface area contributed by atoms with Crippen molar-refractivity contribution in [3.63, 3.8) is 0 Å². The van der Waals surface area contributed by atoms with Crippen LogP contribution in [0.5, 0.6) is 0 Å². The van der Waals surface area contributed by atoms with Crippen molar-refractivity contribution in [2.24, 2.45) is 23.2 Å². The largest absolute Gasteiger partial charge is 0.355 e. The third-order valence-corrected chi connectivity index (χ3v) is 5.33. The van der Waals surface area contributed by atoms with Gasteiger partial charge in [-0.1, -0.05) is 19.8 Å². The molecule has 3 aliphatic rings. The predicted octanol–water partition coefficient (Wildman–Crippen LogP) is 1.93. The maximum Gasteiger partial charge on any atom is 0.223 e. The summed E-state index contributed by atoms with van der Waals surface area (Å²) in [4.78, 5) is 12.2. The molecule has 102 valence electrons. The van der Waals surface area contributed by atoms with E-state index in [1.54, 1.807) is 0 Å². The van der Waals surface area contributed by atoms with E-state index in [-0.39, 0.29) is 5.41 Å². The monoisotopic (exact) mass is 250 g/mol.